The quantitative estimate of drug-likeness (QED) is 0.556. The van der Waals surface area contributed by atoms with E-state index in [1.165, 1.54) is 0 Å². The lowest BCUT2D eigenvalue weighted by molar-refractivity contribution is 0.0145. The summed E-state index contributed by atoms with van der Waals surface area (Å²) in [4.78, 5) is 32.7. The molecule has 10 nitrogen and oxygen atoms in total. The smallest absolute Gasteiger partial charge is 0.410 e. The molecule has 0 saturated carbocycles. The van der Waals surface area contributed by atoms with Gasteiger partial charge in [-0.3, -0.25) is 0 Å². The summed E-state index contributed by atoms with van der Waals surface area (Å²) in [6.07, 6.45) is 3.75. The Bertz CT molecular complexity index is 1120. The number of rotatable bonds is 5. The Kier molecular flexibility index (Phi) is 7.62. The van der Waals surface area contributed by atoms with Gasteiger partial charge in [-0.25, -0.2) is 9.78 Å². The van der Waals surface area contributed by atoms with Crippen molar-refractivity contribution in [1.29, 1.82) is 5.26 Å². The SMILES string of the molecule is CN1CCC[C@H]1COc1nc(N2CCN(C(=O)OC(C)(C)C)C(CC#N)C2)c2ncc(Br)cc2n1. The van der Waals surface area contributed by atoms with Crippen LogP contribution in [0.2, 0.25) is 0 Å². The van der Waals surface area contributed by atoms with Crippen LogP contribution in [0.3, 0.4) is 0 Å². The van der Waals surface area contributed by atoms with E-state index in [1.54, 1.807) is 11.1 Å². The van der Waals surface area contributed by atoms with Crippen molar-refractivity contribution in [1.82, 2.24) is 24.8 Å². The second-order valence-electron chi connectivity index (χ2n) is 10.1. The number of halogens is 1. The number of carbonyl (C=O) groups is 1. The number of pyridine rings is 1. The van der Waals surface area contributed by atoms with Crippen molar-refractivity contribution in [3.8, 4) is 12.1 Å². The zero-order valence-corrected chi connectivity index (χ0v) is 22.3. The first-order valence-corrected chi connectivity index (χ1v) is 12.7. The van der Waals surface area contributed by atoms with Gasteiger partial charge in [-0.05, 0) is 69.2 Å². The summed E-state index contributed by atoms with van der Waals surface area (Å²) in [5.41, 5.74) is 0.719. The maximum absolute atomic E-state index is 12.8. The predicted molar refractivity (Wildman–Crippen MR) is 135 cm³/mol. The fourth-order valence-electron chi connectivity index (χ4n) is 4.49. The Morgan fingerprint density at radius 2 is 2.06 bits per heavy atom. The van der Waals surface area contributed by atoms with E-state index in [0.29, 0.717) is 55.1 Å². The predicted octanol–water partition coefficient (Wildman–Crippen LogP) is 3.60. The molecule has 2 aliphatic rings. The van der Waals surface area contributed by atoms with E-state index in [0.717, 1.165) is 23.9 Å². The molecule has 0 N–H and O–H groups in total. The number of carbonyl (C=O) groups excluding carboxylic acids is 1. The van der Waals surface area contributed by atoms with Crippen molar-refractivity contribution in [3.63, 3.8) is 0 Å². The van der Waals surface area contributed by atoms with Crippen LogP contribution < -0.4 is 9.64 Å². The summed E-state index contributed by atoms with van der Waals surface area (Å²) in [5, 5.41) is 9.43. The van der Waals surface area contributed by atoms with Crippen LogP contribution in [0.25, 0.3) is 11.0 Å². The number of nitrogens with zero attached hydrogens (tertiary/aromatic N) is 7. The van der Waals surface area contributed by atoms with Crippen molar-refractivity contribution in [2.45, 2.75) is 57.7 Å². The number of ether oxygens (including phenoxy) is 2. The molecular weight excluding hydrogens is 514 g/mol. The van der Waals surface area contributed by atoms with E-state index in [4.69, 9.17) is 14.5 Å². The molecule has 2 fully saturated rings. The standard InChI is InChI=1S/C24H32BrN7O3/c1-24(2,3)35-23(33)32-11-10-31(14-17(32)7-8-26)21-20-19(12-16(25)13-27-20)28-22(29-21)34-15-18-6-5-9-30(18)4/h12-13,17-18H,5-7,9-11,14-15H2,1-4H3/t17?,18-/m0/s1. The topological polar surface area (TPSA) is 108 Å². The zero-order valence-electron chi connectivity index (χ0n) is 20.7. The molecule has 0 bridgehead atoms. The number of aromatic nitrogens is 3. The average Bonchev–Trinajstić information content (AvgIpc) is 3.20. The number of amides is 1. The van der Waals surface area contributed by atoms with Gasteiger partial charge in [0.05, 0.1) is 24.0 Å². The third-order valence-corrected chi connectivity index (χ3v) is 6.71. The van der Waals surface area contributed by atoms with Crippen LogP contribution in [0.15, 0.2) is 16.7 Å². The Morgan fingerprint density at radius 1 is 1.26 bits per heavy atom. The van der Waals surface area contributed by atoms with Crippen molar-refractivity contribution in [3.05, 3.63) is 16.7 Å². The normalized spacial score (nSPS) is 21.3. The number of hydrogen-bond donors (Lipinski definition) is 0. The zero-order chi connectivity index (χ0) is 25.2. The van der Waals surface area contributed by atoms with Gasteiger partial charge >= 0.3 is 12.1 Å². The Morgan fingerprint density at radius 3 is 2.74 bits per heavy atom. The molecule has 4 heterocycles. The minimum atomic E-state index is -0.606. The summed E-state index contributed by atoms with van der Waals surface area (Å²) in [5.74, 6) is 0.643. The maximum Gasteiger partial charge on any atom is 0.410 e. The van der Waals surface area contributed by atoms with Crippen molar-refractivity contribution in [2.24, 2.45) is 0 Å². The summed E-state index contributed by atoms with van der Waals surface area (Å²) >= 11 is 3.48. The average molecular weight is 546 g/mol. The van der Waals surface area contributed by atoms with Crippen molar-refractivity contribution < 1.29 is 14.3 Å². The van der Waals surface area contributed by atoms with Gasteiger partial charge in [0.25, 0.3) is 0 Å². The van der Waals surface area contributed by atoms with Gasteiger partial charge < -0.3 is 24.2 Å². The highest BCUT2D eigenvalue weighted by Gasteiger charge is 2.35. The van der Waals surface area contributed by atoms with Crippen LogP contribution in [0, 0.1) is 11.3 Å². The number of likely N-dealkylation sites (N-methyl/N-ethyl adjacent to an activating group) is 1. The van der Waals surface area contributed by atoms with E-state index in [-0.39, 0.29) is 12.5 Å². The van der Waals surface area contributed by atoms with Gasteiger partial charge in [0.2, 0.25) is 0 Å². The second-order valence-corrected chi connectivity index (χ2v) is 11.0. The Labute approximate surface area is 214 Å². The molecule has 0 spiro atoms. The molecule has 0 aromatic carbocycles. The van der Waals surface area contributed by atoms with Gasteiger partial charge in [-0.15, -0.1) is 0 Å². The third-order valence-electron chi connectivity index (χ3n) is 6.28. The van der Waals surface area contributed by atoms with E-state index < -0.39 is 11.7 Å². The Hall–Kier alpha value is -2.71. The van der Waals surface area contributed by atoms with Crippen LogP contribution in [0.4, 0.5) is 10.6 Å². The summed E-state index contributed by atoms with van der Waals surface area (Å²) in [6.45, 7) is 8.46. The molecule has 1 unspecified atom stereocenters. The number of nitriles is 1. The van der Waals surface area contributed by atoms with E-state index >= 15 is 0 Å². The van der Waals surface area contributed by atoms with Gasteiger partial charge in [-0.1, -0.05) is 0 Å². The molecule has 35 heavy (non-hydrogen) atoms. The van der Waals surface area contributed by atoms with E-state index in [2.05, 4.69) is 48.8 Å². The van der Waals surface area contributed by atoms with Crippen LogP contribution in [0.5, 0.6) is 6.01 Å². The van der Waals surface area contributed by atoms with Crippen LogP contribution >= 0.6 is 15.9 Å². The summed E-state index contributed by atoms with van der Waals surface area (Å²) < 4.78 is 12.4. The first-order valence-electron chi connectivity index (χ1n) is 11.9. The lowest BCUT2D eigenvalue weighted by atomic mass is 10.1. The lowest BCUT2D eigenvalue weighted by Crippen LogP contribution is -2.56. The van der Waals surface area contributed by atoms with E-state index in [1.807, 2.05) is 26.8 Å². The molecule has 0 aliphatic carbocycles. The van der Waals surface area contributed by atoms with Crippen LogP contribution in [-0.2, 0) is 4.74 Å². The van der Waals surface area contributed by atoms with Crippen LogP contribution in [-0.4, -0.2) is 88.4 Å². The minimum absolute atomic E-state index is 0.190. The number of piperazine rings is 1. The van der Waals surface area contributed by atoms with Crippen molar-refractivity contribution >= 4 is 38.9 Å². The first kappa shape index (κ1) is 25.4. The molecule has 11 heteroatoms. The molecule has 188 valence electrons. The number of fused-ring (bicyclic) bond motifs is 1. The number of anilines is 1. The van der Waals surface area contributed by atoms with Crippen LogP contribution in [0.1, 0.15) is 40.0 Å². The van der Waals surface area contributed by atoms with Gasteiger partial charge in [0.15, 0.2) is 5.82 Å². The van der Waals surface area contributed by atoms with Gasteiger partial charge in [0.1, 0.15) is 17.7 Å². The third kappa shape index (κ3) is 6.11. The highest BCUT2D eigenvalue weighted by Crippen LogP contribution is 2.29. The molecule has 4 rings (SSSR count). The molecule has 2 atom stereocenters. The molecule has 2 saturated heterocycles. The Balaban J connectivity index is 1.60. The fraction of sp³-hybridized carbons (Fsp3) is 0.625. The molecular formula is C24H32BrN7O3. The van der Waals surface area contributed by atoms with Gasteiger partial charge in [-0.2, -0.15) is 15.2 Å². The van der Waals surface area contributed by atoms with Gasteiger partial charge in [0, 0.05) is 36.3 Å². The molecule has 1 amide bonds. The minimum Gasteiger partial charge on any atom is -0.462 e. The first-order chi connectivity index (χ1) is 16.6. The molecule has 2 aromatic rings. The summed E-state index contributed by atoms with van der Waals surface area (Å²) in [7, 11) is 2.11. The van der Waals surface area contributed by atoms with E-state index in [9.17, 15) is 10.1 Å². The second kappa shape index (κ2) is 10.5. The van der Waals surface area contributed by atoms with Crippen molar-refractivity contribution in [2.75, 3.05) is 44.7 Å². The highest BCUT2D eigenvalue weighted by molar-refractivity contribution is 9.10. The molecule has 2 aliphatic heterocycles. The number of hydrogen-bond acceptors (Lipinski definition) is 9. The highest BCUT2D eigenvalue weighted by atomic mass is 79.9. The monoisotopic (exact) mass is 545 g/mol. The number of likely N-dealkylation sites (tertiary alicyclic amines) is 1. The lowest BCUT2D eigenvalue weighted by Gasteiger charge is -2.41. The fourth-order valence-corrected chi connectivity index (χ4v) is 4.81. The molecule has 2 aromatic heterocycles. The largest absolute Gasteiger partial charge is 0.462 e. The maximum atomic E-state index is 12.8. The molecule has 0 radical (unpaired) electrons. The summed E-state index contributed by atoms with van der Waals surface area (Å²) in [6, 6.07) is 4.42.